The van der Waals surface area contributed by atoms with Crippen molar-refractivity contribution in [3.05, 3.63) is 40.8 Å². The third-order valence-electron chi connectivity index (χ3n) is 6.07. The van der Waals surface area contributed by atoms with E-state index in [0.717, 1.165) is 45.9 Å². The number of ether oxygens (including phenoxy) is 1. The van der Waals surface area contributed by atoms with Gasteiger partial charge < -0.3 is 14.7 Å². The molecule has 5 nitrogen and oxygen atoms in total. The second-order valence-corrected chi connectivity index (χ2v) is 8.55. The first-order valence-corrected chi connectivity index (χ1v) is 9.76. The molecule has 26 heavy (non-hydrogen) atoms. The van der Waals surface area contributed by atoms with E-state index < -0.39 is 5.97 Å². The van der Waals surface area contributed by atoms with Gasteiger partial charge in [0.1, 0.15) is 12.4 Å². The molecule has 1 saturated carbocycles. The van der Waals surface area contributed by atoms with Crippen LogP contribution in [0.2, 0.25) is 0 Å². The minimum atomic E-state index is -0.686. The number of carboxylic acids is 1. The first-order chi connectivity index (χ1) is 12.6. The number of likely N-dealkylation sites (tertiary alicyclic amines) is 1. The number of thiophene rings is 1. The van der Waals surface area contributed by atoms with Gasteiger partial charge in [-0.2, -0.15) is 0 Å². The van der Waals surface area contributed by atoms with E-state index in [9.17, 15) is 14.7 Å². The minimum Gasteiger partial charge on any atom is -0.488 e. The Hall–Kier alpha value is -2.34. The van der Waals surface area contributed by atoms with Crippen molar-refractivity contribution in [1.29, 1.82) is 0 Å². The van der Waals surface area contributed by atoms with Crippen LogP contribution < -0.4 is 4.74 Å². The fraction of sp³-hybridized carbons (Fsp3) is 0.400. The molecule has 1 amide bonds. The maximum Gasteiger partial charge on any atom is 0.307 e. The van der Waals surface area contributed by atoms with Crippen molar-refractivity contribution in [2.75, 3.05) is 13.1 Å². The summed E-state index contributed by atoms with van der Waals surface area (Å²) >= 11 is 1.54. The smallest absolute Gasteiger partial charge is 0.307 e. The molecule has 3 aliphatic rings. The van der Waals surface area contributed by atoms with Crippen LogP contribution in [0, 0.1) is 11.3 Å². The molecule has 3 heterocycles. The summed E-state index contributed by atoms with van der Waals surface area (Å²) in [5.74, 6) is 0.0373. The van der Waals surface area contributed by atoms with E-state index in [0.29, 0.717) is 19.7 Å². The third kappa shape index (κ3) is 2.35. The number of rotatable bonds is 2. The zero-order valence-corrected chi connectivity index (χ0v) is 15.1. The maximum atomic E-state index is 13.0. The Labute approximate surface area is 155 Å². The summed E-state index contributed by atoms with van der Waals surface area (Å²) < 4.78 is 5.78. The van der Waals surface area contributed by atoms with Gasteiger partial charge in [0.05, 0.1) is 10.8 Å². The summed E-state index contributed by atoms with van der Waals surface area (Å²) in [4.78, 5) is 27.9. The monoisotopic (exact) mass is 369 g/mol. The number of carboxylic acid groups (broad SMARTS) is 1. The molecule has 1 N–H and O–H groups in total. The SMILES string of the molecule is O=C(O)C1CC12CCN(C(=O)c1cc3c(s1)-c1ccccc1OC3)CC2. The maximum absolute atomic E-state index is 13.0. The van der Waals surface area contributed by atoms with Crippen LogP contribution in [0.1, 0.15) is 34.5 Å². The lowest BCUT2D eigenvalue weighted by atomic mass is 9.90. The number of nitrogens with zero attached hydrogens (tertiary/aromatic N) is 1. The van der Waals surface area contributed by atoms with Gasteiger partial charge in [-0.1, -0.05) is 12.1 Å². The van der Waals surface area contributed by atoms with Gasteiger partial charge in [0.15, 0.2) is 0 Å². The zero-order chi connectivity index (χ0) is 17.9. The molecule has 6 heteroatoms. The fourth-order valence-corrected chi connectivity index (χ4v) is 5.53. The van der Waals surface area contributed by atoms with E-state index in [4.69, 9.17) is 4.74 Å². The van der Waals surface area contributed by atoms with Crippen molar-refractivity contribution in [2.24, 2.45) is 11.3 Å². The molecular formula is C20H19NO4S. The van der Waals surface area contributed by atoms with E-state index in [1.165, 1.54) is 11.3 Å². The Morgan fingerprint density at radius 1 is 1.23 bits per heavy atom. The van der Waals surface area contributed by atoms with Crippen LogP contribution in [0.3, 0.4) is 0 Å². The summed E-state index contributed by atoms with van der Waals surface area (Å²) in [7, 11) is 0. The van der Waals surface area contributed by atoms with E-state index in [-0.39, 0.29) is 17.2 Å². The molecule has 0 bridgehead atoms. The Morgan fingerprint density at radius 2 is 2.00 bits per heavy atom. The molecular weight excluding hydrogens is 350 g/mol. The van der Waals surface area contributed by atoms with Crippen molar-refractivity contribution in [3.63, 3.8) is 0 Å². The van der Waals surface area contributed by atoms with E-state index in [1.807, 2.05) is 35.2 Å². The molecule has 2 aliphatic heterocycles. The van der Waals surface area contributed by atoms with Gasteiger partial charge in [-0.15, -0.1) is 11.3 Å². The molecule has 1 aromatic carbocycles. The van der Waals surface area contributed by atoms with Crippen molar-refractivity contribution in [3.8, 4) is 16.2 Å². The predicted molar refractivity (Wildman–Crippen MR) is 97.4 cm³/mol. The second-order valence-electron chi connectivity index (χ2n) is 7.50. The molecule has 134 valence electrons. The second kappa shape index (κ2) is 5.58. The Morgan fingerprint density at radius 3 is 2.73 bits per heavy atom. The van der Waals surface area contributed by atoms with Crippen molar-refractivity contribution in [2.45, 2.75) is 25.9 Å². The van der Waals surface area contributed by atoms with Crippen LogP contribution >= 0.6 is 11.3 Å². The highest BCUT2D eigenvalue weighted by molar-refractivity contribution is 7.17. The zero-order valence-electron chi connectivity index (χ0n) is 14.2. The average molecular weight is 369 g/mol. The highest BCUT2D eigenvalue weighted by Crippen LogP contribution is 2.59. The Balaban J connectivity index is 1.34. The highest BCUT2D eigenvalue weighted by Gasteiger charge is 2.59. The quantitative estimate of drug-likeness (QED) is 0.878. The molecule has 1 aliphatic carbocycles. The van der Waals surface area contributed by atoms with Gasteiger partial charge in [-0.05, 0) is 42.9 Å². The summed E-state index contributed by atoms with van der Waals surface area (Å²) in [6.07, 6.45) is 2.37. The molecule has 1 unspecified atom stereocenters. The molecule has 0 radical (unpaired) electrons. The first-order valence-electron chi connectivity index (χ1n) is 8.94. The summed E-state index contributed by atoms with van der Waals surface area (Å²) in [5.41, 5.74) is 2.07. The number of fused-ring (bicyclic) bond motifs is 3. The summed E-state index contributed by atoms with van der Waals surface area (Å²) in [6, 6.07) is 9.88. The van der Waals surface area contributed by atoms with Crippen LogP contribution in [0.25, 0.3) is 10.4 Å². The van der Waals surface area contributed by atoms with Gasteiger partial charge in [0, 0.05) is 29.1 Å². The molecule has 2 aromatic rings. The molecule has 5 rings (SSSR count). The van der Waals surface area contributed by atoms with Gasteiger partial charge in [-0.3, -0.25) is 9.59 Å². The molecule has 1 aromatic heterocycles. The molecule has 1 atom stereocenters. The van der Waals surface area contributed by atoms with Gasteiger partial charge in [-0.25, -0.2) is 0 Å². The van der Waals surface area contributed by atoms with E-state index in [2.05, 4.69) is 0 Å². The molecule has 1 saturated heterocycles. The van der Waals surface area contributed by atoms with Crippen LogP contribution in [0.4, 0.5) is 0 Å². The van der Waals surface area contributed by atoms with Crippen LogP contribution in [-0.4, -0.2) is 35.0 Å². The number of hydrogen-bond acceptors (Lipinski definition) is 4. The Bertz CT molecular complexity index is 910. The van der Waals surface area contributed by atoms with Crippen LogP contribution in [0.15, 0.2) is 30.3 Å². The Kier molecular flexibility index (Phi) is 3.41. The lowest BCUT2D eigenvalue weighted by molar-refractivity contribution is -0.139. The lowest BCUT2D eigenvalue weighted by Gasteiger charge is -2.32. The number of piperidine rings is 1. The highest BCUT2D eigenvalue weighted by atomic mass is 32.1. The molecule has 2 fully saturated rings. The number of amides is 1. The normalized spacial score (nSPS) is 22.3. The predicted octanol–water partition coefficient (Wildman–Crippen LogP) is 3.63. The van der Waals surface area contributed by atoms with Crippen molar-refractivity contribution >= 4 is 23.2 Å². The van der Waals surface area contributed by atoms with E-state index >= 15 is 0 Å². The van der Waals surface area contributed by atoms with Crippen LogP contribution in [-0.2, 0) is 11.4 Å². The van der Waals surface area contributed by atoms with Crippen molar-refractivity contribution < 1.29 is 19.4 Å². The number of carbonyl (C=O) groups is 2. The number of para-hydroxylation sites is 1. The van der Waals surface area contributed by atoms with Gasteiger partial charge in [0.2, 0.25) is 0 Å². The third-order valence-corrected chi connectivity index (χ3v) is 7.27. The standard InChI is InChI=1S/C20H19NO4S/c22-18(21-7-5-20(6-8-21)10-14(20)19(23)24)16-9-12-11-25-15-4-2-1-3-13(15)17(12)26-16/h1-4,9,14H,5-8,10-11H2,(H,23,24). The number of hydrogen-bond donors (Lipinski definition) is 1. The number of benzene rings is 1. The average Bonchev–Trinajstić information content (AvgIpc) is 3.18. The lowest BCUT2D eigenvalue weighted by Crippen LogP contribution is -2.39. The number of carbonyl (C=O) groups excluding carboxylic acids is 1. The number of aliphatic carboxylic acids is 1. The van der Waals surface area contributed by atoms with Crippen molar-refractivity contribution in [1.82, 2.24) is 4.90 Å². The largest absolute Gasteiger partial charge is 0.488 e. The van der Waals surface area contributed by atoms with Crippen LogP contribution in [0.5, 0.6) is 5.75 Å². The fourth-order valence-electron chi connectivity index (χ4n) is 4.37. The summed E-state index contributed by atoms with van der Waals surface area (Å²) in [6.45, 7) is 1.80. The van der Waals surface area contributed by atoms with Gasteiger partial charge in [0.25, 0.3) is 5.91 Å². The summed E-state index contributed by atoms with van der Waals surface area (Å²) in [5, 5.41) is 9.21. The topological polar surface area (TPSA) is 66.8 Å². The molecule has 1 spiro atoms. The first kappa shape index (κ1) is 15.9. The van der Waals surface area contributed by atoms with Gasteiger partial charge >= 0.3 is 5.97 Å². The minimum absolute atomic E-state index is 0.0515. The van der Waals surface area contributed by atoms with E-state index in [1.54, 1.807) is 0 Å².